The molecule has 0 radical (unpaired) electrons. The van der Waals surface area contributed by atoms with Gasteiger partial charge >= 0.3 is 0 Å². The molecule has 0 spiro atoms. The summed E-state index contributed by atoms with van der Waals surface area (Å²) >= 11 is 0. The van der Waals surface area contributed by atoms with Crippen LogP contribution < -0.4 is 9.62 Å². The van der Waals surface area contributed by atoms with E-state index in [1.807, 2.05) is 38.1 Å². The SMILES string of the molecule is CCN(C(=O)CCNS(=O)(=O)c1ccc([N+](=O)[O-])cc1)c1ccccc1C. The molecular weight excluding hydrogens is 370 g/mol. The highest BCUT2D eigenvalue weighted by atomic mass is 32.2. The van der Waals surface area contributed by atoms with Gasteiger partial charge in [0.25, 0.3) is 5.69 Å². The summed E-state index contributed by atoms with van der Waals surface area (Å²) in [5, 5.41) is 10.6. The molecule has 0 fully saturated rings. The smallest absolute Gasteiger partial charge is 0.269 e. The molecule has 2 aromatic carbocycles. The molecule has 0 aliphatic heterocycles. The number of nitro benzene ring substituents is 1. The Morgan fingerprint density at radius 1 is 1.15 bits per heavy atom. The van der Waals surface area contributed by atoms with Crippen molar-refractivity contribution >= 4 is 27.3 Å². The maximum atomic E-state index is 12.5. The molecule has 0 saturated heterocycles. The van der Waals surface area contributed by atoms with Gasteiger partial charge in [-0.2, -0.15) is 0 Å². The molecule has 0 aliphatic rings. The number of non-ortho nitro benzene ring substituents is 1. The summed E-state index contributed by atoms with van der Waals surface area (Å²) in [7, 11) is -3.85. The van der Waals surface area contributed by atoms with E-state index < -0.39 is 14.9 Å². The summed E-state index contributed by atoms with van der Waals surface area (Å²) in [4.78, 5) is 24.0. The summed E-state index contributed by atoms with van der Waals surface area (Å²) < 4.78 is 26.9. The number of nitrogens with one attached hydrogen (secondary N) is 1. The van der Waals surface area contributed by atoms with Gasteiger partial charge in [0.05, 0.1) is 9.82 Å². The van der Waals surface area contributed by atoms with E-state index in [0.717, 1.165) is 35.5 Å². The lowest BCUT2D eigenvalue weighted by Crippen LogP contribution is -2.34. The number of carbonyl (C=O) groups excluding carboxylic acids is 1. The number of nitrogens with zero attached hydrogens (tertiary/aromatic N) is 2. The number of rotatable bonds is 8. The number of aryl methyl sites for hydroxylation is 1. The molecule has 8 nitrogen and oxygen atoms in total. The molecule has 0 unspecified atom stereocenters. The van der Waals surface area contributed by atoms with E-state index in [9.17, 15) is 23.3 Å². The standard InChI is InChI=1S/C18H21N3O5S/c1-3-20(17-7-5-4-6-14(17)2)18(22)12-13-19-27(25,26)16-10-8-15(9-11-16)21(23)24/h4-11,19H,3,12-13H2,1-2H3. The predicted molar refractivity (Wildman–Crippen MR) is 102 cm³/mol. The van der Waals surface area contributed by atoms with Gasteiger partial charge < -0.3 is 4.90 Å². The molecule has 27 heavy (non-hydrogen) atoms. The second-order valence-corrected chi connectivity index (χ2v) is 7.59. The van der Waals surface area contributed by atoms with E-state index in [-0.39, 0.29) is 29.5 Å². The van der Waals surface area contributed by atoms with E-state index in [1.165, 1.54) is 0 Å². The van der Waals surface area contributed by atoms with E-state index >= 15 is 0 Å². The zero-order valence-electron chi connectivity index (χ0n) is 15.1. The van der Waals surface area contributed by atoms with Gasteiger partial charge in [0.1, 0.15) is 0 Å². The molecule has 0 saturated carbocycles. The molecule has 1 amide bonds. The largest absolute Gasteiger partial charge is 0.312 e. The van der Waals surface area contributed by atoms with Crippen molar-refractivity contribution in [1.29, 1.82) is 0 Å². The molecule has 2 aromatic rings. The van der Waals surface area contributed by atoms with Crippen LogP contribution in [0.15, 0.2) is 53.4 Å². The van der Waals surface area contributed by atoms with E-state index in [0.29, 0.717) is 6.54 Å². The first-order valence-electron chi connectivity index (χ1n) is 8.36. The predicted octanol–water partition coefficient (Wildman–Crippen LogP) is 2.62. The van der Waals surface area contributed by atoms with Crippen molar-refractivity contribution in [2.45, 2.75) is 25.2 Å². The maximum absolute atomic E-state index is 12.5. The van der Waals surface area contributed by atoms with E-state index in [1.54, 1.807) is 4.90 Å². The summed E-state index contributed by atoms with van der Waals surface area (Å²) in [6, 6.07) is 12.0. The lowest BCUT2D eigenvalue weighted by molar-refractivity contribution is -0.384. The molecule has 0 aromatic heterocycles. The number of hydrogen-bond acceptors (Lipinski definition) is 5. The Kier molecular flexibility index (Phi) is 6.65. The number of hydrogen-bond donors (Lipinski definition) is 1. The number of amides is 1. The van der Waals surface area contributed by atoms with Gasteiger partial charge in [-0.05, 0) is 37.6 Å². The first-order chi connectivity index (χ1) is 12.8. The highest BCUT2D eigenvalue weighted by Crippen LogP contribution is 2.20. The number of sulfonamides is 1. The molecule has 0 heterocycles. The second kappa shape index (κ2) is 8.74. The van der Waals surface area contributed by atoms with Crippen molar-refractivity contribution in [3.63, 3.8) is 0 Å². The van der Waals surface area contributed by atoms with Gasteiger partial charge in [0.2, 0.25) is 15.9 Å². The number of carbonyl (C=O) groups is 1. The molecular formula is C18H21N3O5S. The van der Waals surface area contributed by atoms with Crippen LogP contribution in [0.4, 0.5) is 11.4 Å². The minimum Gasteiger partial charge on any atom is -0.312 e. The quantitative estimate of drug-likeness (QED) is 0.549. The van der Waals surface area contributed by atoms with Gasteiger partial charge in [-0.25, -0.2) is 13.1 Å². The lowest BCUT2D eigenvalue weighted by Gasteiger charge is -2.23. The maximum Gasteiger partial charge on any atom is 0.269 e. The molecule has 9 heteroatoms. The molecule has 1 N–H and O–H groups in total. The van der Waals surface area contributed by atoms with Crippen LogP contribution in [-0.2, 0) is 14.8 Å². The van der Waals surface area contributed by atoms with Gasteiger partial charge in [-0.1, -0.05) is 18.2 Å². The highest BCUT2D eigenvalue weighted by Gasteiger charge is 2.19. The van der Waals surface area contributed by atoms with Crippen LogP contribution in [0.3, 0.4) is 0 Å². The molecule has 144 valence electrons. The third-order valence-corrected chi connectivity index (χ3v) is 5.49. The fourth-order valence-electron chi connectivity index (χ4n) is 2.60. The van der Waals surface area contributed by atoms with Gasteiger partial charge in [-0.3, -0.25) is 14.9 Å². The Morgan fingerprint density at radius 2 is 1.78 bits per heavy atom. The van der Waals surface area contributed by atoms with Crippen LogP contribution in [0, 0.1) is 17.0 Å². The Labute approximate surface area is 158 Å². The monoisotopic (exact) mass is 391 g/mol. The van der Waals surface area contributed by atoms with Gasteiger partial charge in [0.15, 0.2) is 0 Å². The number of benzene rings is 2. The molecule has 0 aliphatic carbocycles. The summed E-state index contributed by atoms with van der Waals surface area (Å²) in [5.41, 5.74) is 1.56. The van der Waals surface area contributed by atoms with Crippen LogP contribution in [0.25, 0.3) is 0 Å². The van der Waals surface area contributed by atoms with E-state index in [2.05, 4.69) is 4.72 Å². The molecule has 0 atom stereocenters. The van der Waals surface area contributed by atoms with Crippen LogP contribution >= 0.6 is 0 Å². The third kappa shape index (κ3) is 5.11. The summed E-state index contributed by atoms with van der Waals surface area (Å²) in [5.74, 6) is -0.196. The van der Waals surface area contributed by atoms with Crippen LogP contribution in [-0.4, -0.2) is 32.3 Å². The minimum atomic E-state index is -3.85. The fourth-order valence-corrected chi connectivity index (χ4v) is 3.64. The Bertz CT molecular complexity index is 926. The minimum absolute atomic E-state index is 0.00557. The Morgan fingerprint density at radius 3 is 2.33 bits per heavy atom. The van der Waals surface area contributed by atoms with Crippen molar-refractivity contribution in [2.24, 2.45) is 0 Å². The van der Waals surface area contributed by atoms with Crippen molar-refractivity contribution < 1.29 is 18.1 Å². The van der Waals surface area contributed by atoms with Gasteiger partial charge in [0, 0.05) is 37.3 Å². The normalized spacial score (nSPS) is 11.2. The van der Waals surface area contributed by atoms with Gasteiger partial charge in [-0.15, -0.1) is 0 Å². The average molecular weight is 391 g/mol. The van der Waals surface area contributed by atoms with Crippen LogP contribution in [0.2, 0.25) is 0 Å². The third-order valence-electron chi connectivity index (χ3n) is 4.01. The first-order valence-corrected chi connectivity index (χ1v) is 9.84. The average Bonchev–Trinajstić information content (AvgIpc) is 2.64. The second-order valence-electron chi connectivity index (χ2n) is 5.82. The zero-order chi connectivity index (χ0) is 20.0. The van der Waals surface area contributed by atoms with Crippen LogP contribution in [0.1, 0.15) is 18.9 Å². The summed E-state index contributed by atoms with van der Waals surface area (Å²) in [6.07, 6.45) is -0.00557. The first kappa shape index (κ1) is 20.5. The van der Waals surface area contributed by atoms with E-state index in [4.69, 9.17) is 0 Å². The molecule has 0 bridgehead atoms. The molecule has 2 rings (SSSR count). The topological polar surface area (TPSA) is 110 Å². The lowest BCUT2D eigenvalue weighted by atomic mass is 10.1. The number of nitro groups is 1. The van der Waals surface area contributed by atoms with Crippen molar-refractivity contribution in [3.05, 3.63) is 64.2 Å². The fraction of sp³-hybridized carbons (Fsp3) is 0.278. The van der Waals surface area contributed by atoms with Crippen molar-refractivity contribution in [1.82, 2.24) is 4.72 Å². The van der Waals surface area contributed by atoms with Crippen molar-refractivity contribution in [3.8, 4) is 0 Å². The van der Waals surface area contributed by atoms with Crippen molar-refractivity contribution in [2.75, 3.05) is 18.0 Å². The highest BCUT2D eigenvalue weighted by molar-refractivity contribution is 7.89. The number of para-hydroxylation sites is 1. The Hall–Kier alpha value is -2.78. The summed E-state index contributed by atoms with van der Waals surface area (Å²) in [6.45, 7) is 4.16. The zero-order valence-corrected chi connectivity index (χ0v) is 15.9. The van der Waals surface area contributed by atoms with Crippen LogP contribution in [0.5, 0.6) is 0 Å². The number of anilines is 1. The Balaban J connectivity index is 2.00.